The maximum absolute atomic E-state index is 12.3. The molecule has 2 heterocycles. The van der Waals surface area contributed by atoms with Crippen LogP contribution in [0.3, 0.4) is 0 Å². The highest BCUT2D eigenvalue weighted by Crippen LogP contribution is 2.39. The molecule has 0 spiro atoms. The van der Waals surface area contributed by atoms with Crippen molar-refractivity contribution < 1.29 is 9.53 Å². The summed E-state index contributed by atoms with van der Waals surface area (Å²) >= 11 is 0. The smallest absolute Gasteiger partial charge is 0.323 e. The molecule has 132 valence electrons. The summed E-state index contributed by atoms with van der Waals surface area (Å²) in [6.07, 6.45) is 4.18. The van der Waals surface area contributed by atoms with Crippen molar-refractivity contribution in [2.24, 2.45) is 0 Å². The number of aromatic nitrogens is 1. The molecule has 4 nitrogen and oxygen atoms in total. The largest absolute Gasteiger partial charge is 0.468 e. The maximum atomic E-state index is 12.3. The SMILES string of the molecule is COC(=O)[C@H]1NC(/C=C/c2ccccc2)c2[nH]c3ccccc3c2[C@H]1C. The number of esters is 1. The van der Waals surface area contributed by atoms with Gasteiger partial charge in [-0.15, -0.1) is 0 Å². The van der Waals surface area contributed by atoms with Crippen LogP contribution in [0.4, 0.5) is 0 Å². The molecule has 26 heavy (non-hydrogen) atoms. The Balaban J connectivity index is 1.80. The summed E-state index contributed by atoms with van der Waals surface area (Å²) in [6.45, 7) is 2.07. The first kappa shape index (κ1) is 16.6. The van der Waals surface area contributed by atoms with Crippen molar-refractivity contribution in [3.05, 3.63) is 77.5 Å². The molecule has 0 saturated carbocycles. The van der Waals surface area contributed by atoms with E-state index in [1.54, 1.807) is 0 Å². The molecule has 0 bridgehead atoms. The lowest BCUT2D eigenvalue weighted by molar-refractivity contribution is -0.144. The van der Waals surface area contributed by atoms with Crippen molar-refractivity contribution in [1.29, 1.82) is 0 Å². The van der Waals surface area contributed by atoms with Crippen LogP contribution in [-0.4, -0.2) is 24.1 Å². The molecule has 1 aliphatic heterocycles. The number of H-pyrrole nitrogens is 1. The van der Waals surface area contributed by atoms with Crippen LogP contribution in [0.1, 0.15) is 35.7 Å². The number of hydrogen-bond acceptors (Lipinski definition) is 3. The molecular weight excluding hydrogens is 324 g/mol. The fourth-order valence-corrected chi connectivity index (χ4v) is 3.83. The number of carbonyl (C=O) groups is 1. The standard InChI is InChI=1S/C22H22N2O2/c1-14-19-16-10-6-7-11-17(16)23-21(19)18(24-20(14)22(25)26-2)13-12-15-8-4-3-5-9-15/h3-14,18,20,23-24H,1-2H3/b13-12+/t14-,18?,20+/m1/s1. The van der Waals surface area contributed by atoms with E-state index in [-0.39, 0.29) is 24.0 Å². The van der Waals surface area contributed by atoms with Crippen LogP contribution in [0.25, 0.3) is 17.0 Å². The molecule has 3 atom stereocenters. The molecular formula is C22H22N2O2. The average Bonchev–Trinajstić information content (AvgIpc) is 3.08. The highest BCUT2D eigenvalue weighted by Gasteiger charge is 2.38. The second-order valence-corrected chi connectivity index (χ2v) is 6.70. The molecule has 0 amide bonds. The predicted octanol–water partition coefficient (Wildman–Crippen LogP) is 4.17. The van der Waals surface area contributed by atoms with Crippen LogP contribution in [0.2, 0.25) is 0 Å². The first-order valence-electron chi connectivity index (χ1n) is 8.86. The quantitative estimate of drug-likeness (QED) is 0.700. The molecule has 1 unspecified atom stereocenters. The van der Waals surface area contributed by atoms with Gasteiger partial charge in [0.15, 0.2) is 0 Å². The van der Waals surface area contributed by atoms with Gasteiger partial charge in [0.1, 0.15) is 6.04 Å². The molecule has 0 fully saturated rings. The van der Waals surface area contributed by atoms with Gasteiger partial charge in [-0.25, -0.2) is 0 Å². The maximum Gasteiger partial charge on any atom is 0.323 e. The van der Waals surface area contributed by atoms with E-state index in [0.717, 1.165) is 16.8 Å². The number of benzene rings is 2. The highest BCUT2D eigenvalue weighted by atomic mass is 16.5. The molecule has 2 aromatic carbocycles. The van der Waals surface area contributed by atoms with E-state index in [0.29, 0.717) is 0 Å². The first-order chi connectivity index (χ1) is 12.7. The summed E-state index contributed by atoms with van der Waals surface area (Å²) in [5.74, 6) is -0.207. The minimum absolute atomic E-state index is 0.0231. The van der Waals surface area contributed by atoms with Gasteiger partial charge < -0.3 is 9.72 Å². The number of rotatable bonds is 3. The van der Waals surface area contributed by atoms with E-state index in [1.165, 1.54) is 18.1 Å². The summed E-state index contributed by atoms with van der Waals surface area (Å²) in [6, 6.07) is 17.9. The van der Waals surface area contributed by atoms with E-state index in [9.17, 15) is 4.79 Å². The molecule has 4 heteroatoms. The summed E-state index contributed by atoms with van der Waals surface area (Å²) < 4.78 is 5.04. The van der Waals surface area contributed by atoms with Crippen LogP contribution < -0.4 is 5.32 Å². The van der Waals surface area contributed by atoms with Crippen LogP contribution in [0.15, 0.2) is 60.7 Å². The van der Waals surface area contributed by atoms with Gasteiger partial charge in [-0.2, -0.15) is 0 Å². The van der Waals surface area contributed by atoms with Crippen LogP contribution >= 0.6 is 0 Å². The van der Waals surface area contributed by atoms with Gasteiger partial charge in [-0.05, 0) is 17.2 Å². The van der Waals surface area contributed by atoms with Gasteiger partial charge in [0.2, 0.25) is 0 Å². The Kier molecular flexibility index (Phi) is 4.35. The average molecular weight is 346 g/mol. The number of para-hydroxylation sites is 1. The number of fused-ring (bicyclic) bond motifs is 3. The number of methoxy groups -OCH3 is 1. The van der Waals surface area contributed by atoms with Crippen molar-refractivity contribution in [2.45, 2.75) is 24.9 Å². The van der Waals surface area contributed by atoms with Crippen molar-refractivity contribution in [1.82, 2.24) is 10.3 Å². The van der Waals surface area contributed by atoms with E-state index >= 15 is 0 Å². The lowest BCUT2D eigenvalue weighted by atomic mass is 9.84. The zero-order chi connectivity index (χ0) is 18.1. The van der Waals surface area contributed by atoms with Gasteiger partial charge in [-0.1, -0.05) is 67.6 Å². The Labute approximate surface area is 152 Å². The number of ether oxygens (including phenoxy) is 1. The topological polar surface area (TPSA) is 54.1 Å². The van der Waals surface area contributed by atoms with E-state index in [1.807, 2.05) is 30.3 Å². The Morgan fingerprint density at radius 2 is 1.81 bits per heavy atom. The fourth-order valence-electron chi connectivity index (χ4n) is 3.83. The van der Waals surface area contributed by atoms with Gasteiger partial charge in [0, 0.05) is 22.5 Å². The Morgan fingerprint density at radius 1 is 1.08 bits per heavy atom. The fraction of sp³-hybridized carbons (Fsp3) is 0.227. The summed E-state index contributed by atoms with van der Waals surface area (Å²) in [4.78, 5) is 15.9. The second kappa shape index (κ2) is 6.81. The minimum Gasteiger partial charge on any atom is -0.468 e. The van der Waals surface area contributed by atoms with Gasteiger partial charge in [0.25, 0.3) is 0 Å². The molecule has 3 aromatic rings. The third kappa shape index (κ3) is 2.82. The normalized spacial score (nSPS) is 22.5. The van der Waals surface area contributed by atoms with Crippen LogP contribution in [0.5, 0.6) is 0 Å². The second-order valence-electron chi connectivity index (χ2n) is 6.70. The molecule has 0 aliphatic carbocycles. The Hall–Kier alpha value is -2.85. The predicted molar refractivity (Wildman–Crippen MR) is 104 cm³/mol. The van der Waals surface area contributed by atoms with Crippen molar-refractivity contribution in [3.8, 4) is 0 Å². The molecule has 0 radical (unpaired) electrons. The van der Waals surface area contributed by atoms with Crippen molar-refractivity contribution in [3.63, 3.8) is 0 Å². The number of carbonyl (C=O) groups excluding carboxylic acids is 1. The van der Waals surface area contributed by atoms with Crippen LogP contribution in [-0.2, 0) is 9.53 Å². The van der Waals surface area contributed by atoms with E-state index in [2.05, 4.69) is 53.6 Å². The third-order valence-electron chi connectivity index (χ3n) is 5.14. The number of nitrogens with one attached hydrogen (secondary N) is 2. The summed E-state index contributed by atoms with van der Waals surface area (Å²) in [7, 11) is 1.44. The molecule has 4 rings (SSSR count). The summed E-state index contributed by atoms with van der Waals surface area (Å²) in [5, 5.41) is 4.62. The molecule has 1 aromatic heterocycles. The van der Waals surface area contributed by atoms with E-state index < -0.39 is 0 Å². The lowest BCUT2D eigenvalue weighted by Crippen LogP contribution is -2.46. The van der Waals surface area contributed by atoms with Crippen molar-refractivity contribution in [2.75, 3.05) is 7.11 Å². The minimum atomic E-state index is -0.378. The molecule has 2 N–H and O–H groups in total. The van der Waals surface area contributed by atoms with Gasteiger partial charge >= 0.3 is 5.97 Å². The zero-order valence-corrected chi connectivity index (χ0v) is 14.9. The zero-order valence-electron chi connectivity index (χ0n) is 14.9. The monoisotopic (exact) mass is 346 g/mol. The Bertz CT molecular complexity index is 959. The molecule has 0 saturated heterocycles. The van der Waals surface area contributed by atoms with Crippen LogP contribution in [0, 0.1) is 0 Å². The highest BCUT2D eigenvalue weighted by molar-refractivity contribution is 5.88. The lowest BCUT2D eigenvalue weighted by Gasteiger charge is -2.33. The molecule has 1 aliphatic rings. The van der Waals surface area contributed by atoms with Gasteiger partial charge in [0.05, 0.1) is 13.2 Å². The summed E-state index contributed by atoms with van der Waals surface area (Å²) in [5.41, 5.74) is 4.53. The number of hydrogen-bond donors (Lipinski definition) is 2. The van der Waals surface area contributed by atoms with Gasteiger partial charge in [-0.3, -0.25) is 10.1 Å². The third-order valence-corrected chi connectivity index (χ3v) is 5.14. The van der Waals surface area contributed by atoms with E-state index in [4.69, 9.17) is 4.74 Å². The number of aromatic amines is 1. The van der Waals surface area contributed by atoms with Crippen molar-refractivity contribution >= 4 is 22.9 Å². The first-order valence-corrected chi connectivity index (χ1v) is 8.86. The Morgan fingerprint density at radius 3 is 2.58 bits per heavy atom.